The summed E-state index contributed by atoms with van der Waals surface area (Å²) in [6.07, 6.45) is 29.2. The summed E-state index contributed by atoms with van der Waals surface area (Å²) in [4.78, 5) is 15.0. The van der Waals surface area contributed by atoms with Crippen LogP contribution in [0.2, 0.25) is 0 Å². The van der Waals surface area contributed by atoms with Crippen LogP contribution in [0.3, 0.4) is 0 Å². The van der Waals surface area contributed by atoms with Gasteiger partial charge in [-0.3, -0.25) is 4.79 Å². The van der Waals surface area contributed by atoms with E-state index in [-0.39, 0.29) is 26.1 Å². The Labute approximate surface area is 240 Å². The van der Waals surface area contributed by atoms with Gasteiger partial charge in [0.1, 0.15) is 6.10 Å². The van der Waals surface area contributed by atoms with Crippen LogP contribution in [0, 0.1) is 0 Å². The minimum absolute atomic E-state index is 0. The van der Waals surface area contributed by atoms with Crippen molar-refractivity contribution in [3.63, 3.8) is 0 Å². The van der Waals surface area contributed by atoms with E-state index in [0.29, 0.717) is 6.42 Å². The molecular weight excluding hydrogens is 470 g/mol. The van der Waals surface area contributed by atoms with E-state index in [1.54, 1.807) is 0 Å². The Morgan fingerprint density at radius 3 is 1.45 bits per heavy atom. The van der Waals surface area contributed by atoms with Gasteiger partial charge in [-0.05, 0) is 58.0 Å². The number of carbonyl (C=O) groups excluding carboxylic acids is 1. The van der Waals surface area contributed by atoms with Gasteiger partial charge >= 0.3 is 5.97 Å². The molecule has 0 saturated carbocycles. The number of hydrogen-bond donors (Lipinski definition) is 1. The molecule has 0 bridgehead atoms. The number of aliphatic hydroxyl groups is 1. The zero-order valence-electron chi connectivity index (χ0n) is 25.6. The molecule has 0 saturated heterocycles. The van der Waals surface area contributed by atoms with Crippen molar-refractivity contribution < 1.29 is 14.6 Å². The molecule has 0 aromatic carbocycles. The summed E-state index contributed by atoms with van der Waals surface area (Å²) in [7, 11) is 0. The number of hydrogen-bond acceptors (Lipinski definition) is 4. The van der Waals surface area contributed by atoms with Gasteiger partial charge in [0.2, 0.25) is 0 Å². The molecule has 38 heavy (non-hydrogen) atoms. The van der Waals surface area contributed by atoms with Crippen molar-refractivity contribution in [3.05, 3.63) is 0 Å². The molecule has 0 radical (unpaired) electrons. The average Bonchev–Trinajstić information content (AvgIpc) is 2.89. The maximum Gasteiger partial charge on any atom is 0.306 e. The summed E-state index contributed by atoms with van der Waals surface area (Å²) < 4.78 is 5.98. The molecule has 0 aromatic rings. The number of aliphatic hydroxyl groups excluding tert-OH is 1. The molecule has 4 nitrogen and oxygen atoms in total. The van der Waals surface area contributed by atoms with Crippen LogP contribution < -0.4 is 0 Å². The normalized spacial score (nSPS) is 11.3. The van der Waals surface area contributed by atoms with Crippen molar-refractivity contribution in [2.75, 3.05) is 26.2 Å². The first-order valence-electron chi connectivity index (χ1n) is 16.7. The number of nitrogens with zero attached hydrogens (tertiary/aromatic N) is 1. The predicted molar refractivity (Wildman–Crippen MR) is 168 cm³/mol. The molecule has 0 heterocycles. The molecule has 0 fully saturated rings. The molecule has 0 amide bonds. The molecule has 0 rings (SSSR count). The highest BCUT2D eigenvalue weighted by molar-refractivity contribution is 5.69. The highest BCUT2D eigenvalue weighted by atomic mass is 16.5. The number of unbranched alkanes of at least 4 members (excludes halogenated alkanes) is 17. The summed E-state index contributed by atoms with van der Waals surface area (Å²) in [5.41, 5.74) is 0. The first kappa shape index (κ1) is 39.5. The molecule has 0 atom stereocenters. The Balaban J connectivity index is 0. The van der Waals surface area contributed by atoms with Crippen LogP contribution in [0.5, 0.6) is 0 Å². The van der Waals surface area contributed by atoms with Crippen molar-refractivity contribution in [2.24, 2.45) is 0 Å². The van der Waals surface area contributed by atoms with Crippen LogP contribution in [-0.2, 0) is 9.53 Å². The van der Waals surface area contributed by atoms with E-state index in [1.165, 1.54) is 122 Å². The van der Waals surface area contributed by atoms with Crippen molar-refractivity contribution in [2.45, 2.75) is 188 Å². The van der Waals surface area contributed by atoms with Crippen LogP contribution in [0.25, 0.3) is 0 Å². The highest BCUT2D eigenvalue weighted by Gasteiger charge is 2.14. The zero-order chi connectivity index (χ0) is 27.2. The third-order valence-corrected chi connectivity index (χ3v) is 7.66. The van der Waals surface area contributed by atoms with Crippen molar-refractivity contribution in [1.29, 1.82) is 0 Å². The second-order valence-corrected chi connectivity index (χ2v) is 11.4. The second-order valence-electron chi connectivity index (χ2n) is 11.4. The number of esters is 1. The van der Waals surface area contributed by atoms with Gasteiger partial charge in [0, 0.05) is 13.0 Å². The minimum atomic E-state index is 0. The van der Waals surface area contributed by atoms with Gasteiger partial charge in [0.25, 0.3) is 0 Å². The van der Waals surface area contributed by atoms with E-state index in [4.69, 9.17) is 4.74 Å². The van der Waals surface area contributed by atoms with E-state index >= 15 is 0 Å². The molecule has 1 N–H and O–H groups in total. The zero-order valence-corrected chi connectivity index (χ0v) is 25.6. The van der Waals surface area contributed by atoms with Crippen molar-refractivity contribution in [3.8, 4) is 0 Å². The fourth-order valence-corrected chi connectivity index (χ4v) is 5.19. The number of ether oxygens (including phenoxy) is 1. The van der Waals surface area contributed by atoms with Gasteiger partial charge in [0.05, 0.1) is 6.61 Å². The Morgan fingerprint density at radius 1 is 0.579 bits per heavy atom. The van der Waals surface area contributed by atoms with Crippen molar-refractivity contribution >= 4 is 5.97 Å². The quantitative estimate of drug-likeness (QED) is 0.0725. The van der Waals surface area contributed by atoms with Gasteiger partial charge in [-0.1, -0.05) is 131 Å². The third-order valence-electron chi connectivity index (χ3n) is 7.66. The molecule has 0 aromatic heterocycles. The summed E-state index contributed by atoms with van der Waals surface area (Å²) in [5.74, 6) is 0.0307. The SMILES string of the molecule is C.CCCCCCCCC(CCCCCCCC)OC(=O)CCCCCCCN(CCO)CCCCCC. The average molecular weight is 542 g/mol. The minimum Gasteiger partial charge on any atom is -0.462 e. The Kier molecular flexibility index (Phi) is 33.9. The van der Waals surface area contributed by atoms with E-state index < -0.39 is 0 Å². The first-order chi connectivity index (χ1) is 18.2. The lowest BCUT2D eigenvalue weighted by molar-refractivity contribution is -0.150. The van der Waals surface area contributed by atoms with Gasteiger partial charge in [0.15, 0.2) is 0 Å². The van der Waals surface area contributed by atoms with Crippen LogP contribution in [0.15, 0.2) is 0 Å². The Bertz CT molecular complexity index is 441. The first-order valence-corrected chi connectivity index (χ1v) is 16.7. The second kappa shape index (κ2) is 32.6. The third kappa shape index (κ3) is 28.4. The summed E-state index contributed by atoms with van der Waals surface area (Å²) in [5, 5.41) is 9.32. The molecule has 0 unspecified atom stereocenters. The molecule has 0 aliphatic rings. The maximum atomic E-state index is 12.5. The van der Waals surface area contributed by atoms with Gasteiger partial charge < -0.3 is 14.7 Å². The van der Waals surface area contributed by atoms with Gasteiger partial charge in [-0.15, -0.1) is 0 Å². The fraction of sp³-hybridized carbons (Fsp3) is 0.971. The topological polar surface area (TPSA) is 49.8 Å². The lowest BCUT2D eigenvalue weighted by Crippen LogP contribution is -2.29. The summed E-state index contributed by atoms with van der Waals surface area (Å²) in [6.45, 7) is 10.0. The fourth-order valence-electron chi connectivity index (χ4n) is 5.19. The highest BCUT2D eigenvalue weighted by Crippen LogP contribution is 2.18. The molecule has 0 spiro atoms. The van der Waals surface area contributed by atoms with Gasteiger partial charge in [-0.2, -0.15) is 0 Å². The summed E-state index contributed by atoms with van der Waals surface area (Å²) >= 11 is 0. The molecule has 4 heteroatoms. The lowest BCUT2D eigenvalue weighted by atomic mass is 10.0. The standard InChI is InChI=1S/C33H67NO3.CH4/c1-4-7-10-13-16-20-25-32(26-21-17-14-11-8-5-2)37-33(36)27-22-18-15-19-24-29-34(30-31-35)28-23-12-9-6-3;/h32,35H,4-31H2,1-3H3;1H4. The molecule has 230 valence electrons. The largest absolute Gasteiger partial charge is 0.462 e. The Hall–Kier alpha value is -0.610. The van der Waals surface area contributed by atoms with E-state index in [0.717, 1.165) is 45.3 Å². The smallest absolute Gasteiger partial charge is 0.306 e. The molecular formula is C34H71NO3. The van der Waals surface area contributed by atoms with E-state index in [9.17, 15) is 9.90 Å². The van der Waals surface area contributed by atoms with Crippen LogP contribution in [0.4, 0.5) is 0 Å². The maximum absolute atomic E-state index is 12.5. The van der Waals surface area contributed by atoms with E-state index in [2.05, 4.69) is 25.7 Å². The Morgan fingerprint density at radius 2 is 0.974 bits per heavy atom. The van der Waals surface area contributed by atoms with E-state index in [1.807, 2.05) is 0 Å². The van der Waals surface area contributed by atoms with Crippen molar-refractivity contribution in [1.82, 2.24) is 4.90 Å². The van der Waals surface area contributed by atoms with Crippen LogP contribution in [0.1, 0.15) is 182 Å². The molecule has 0 aliphatic carbocycles. The monoisotopic (exact) mass is 542 g/mol. The van der Waals surface area contributed by atoms with Crippen LogP contribution >= 0.6 is 0 Å². The molecule has 0 aliphatic heterocycles. The van der Waals surface area contributed by atoms with Crippen LogP contribution in [-0.4, -0.2) is 48.3 Å². The van der Waals surface area contributed by atoms with Gasteiger partial charge in [-0.25, -0.2) is 0 Å². The predicted octanol–water partition coefficient (Wildman–Crippen LogP) is 10.3. The number of carbonyl (C=O) groups is 1. The number of rotatable bonds is 30. The summed E-state index contributed by atoms with van der Waals surface area (Å²) in [6, 6.07) is 0. The lowest BCUT2D eigenvalue weighted by Gasteiger charge is -2.21.